The Bertz CT molecular complexity index is 354. The Hall–Kier alpha value is -1.31. The van der Waals surface area contributed by atoms with Crippen molar-refractivity contribution in [3.63, 3.8) is 0 Å². The summed E-state index contributed by atoms with van der Waals surface area (Å²) >= 11 is 0. The third kappa shape index (κ3) is 3.69. The lowest BCUT2D eigenvalue weighted by Gasteiger charge is -2.14. The predicted molar refractivity (Wildman–Crippen MR) is 66.0 cm³/mol. The lowest BCUT2D eigenvalue weighted by molar-refractivity contribution is 0.0962. The lowest BCUT2D eigenvalue weighted by atomic mass is 10.0. The van der Waals surface area contributed by atoms with Gasteiger partial charge in [-0.2, -0.15) is 0 Å². The maximum atomic E-state index is 12.0. The van der Waals surface area contributed by atoms with Gasteiger partial charge < -0.3 is 4.74 Å². The van der Waals surface area contributed by atoms with Crippen LogP contribution in [0.5, 0.6) is 5.75 Å². The highest BCUT2D eigenvalue weighted by atomic mass is 16.5. The fourth-order valence-electron chi connectivity index (χ4n) is 1.53. The number of Topliss-reactive ketones (excluding diaryl/α,β-unsaturated/α-hetero) is 1. The molecule has 1 aromatic rings. The van der Waals surface area contributed by atoms with E-state index in [0.717, 1.165) is 0 Å². The van der Waals surface area contributed by atoms with Crippen LogP contribution in [-0.4, -0.2) is 11.9 Å². The molecule has 0 aliphatic rings. The van der Waals surface area contributed by atoms with Gasteiger partial charge in [0.25, 0.3) is 0 Å². The van der Waals surface area contributed by atoms with Gasteiger partial charge in [0.05, 0.1) is 11.7 Å². The Labute approximate surface area is 97.6 Å². The number of hydrogen-bond acceptors (Lipinski definition) is 2. The summed E-state index contributed by atoms with van der Waals surface area (Å²) in [5.74, 6) is 1.23. The van der Waals surface area contributed by atoms with E-state index in [-0.39, 0.29) is 11.9 Å². The van der Waals surface area contributed by atoms with E-state index >= 15 is 0 Å². The molecule has 0 radical (unpaired) electrons. The number of carbonyl (C=O) groups is 1. The minimum absolute atomic E-state index is 0.0907. The van der Waals surface area contributed by atoms with Crippen molar-refractivity contribution in [1.82, 2.24) is 0 Å². The molecule has 0 amide bonds. The zero-order chi connectivity index (χ0) is 12.1. The molecule has 0 spiro atoms. The summed E-state index contributed by atoms with van der Waals surface area (Å²) in [5, 5.41) is 0. The Morgan fingerprint density at radius 3 is 2.38 bits per heavy atom. The van der Waals surface area contributed by atoms with E-state index < -0.39 is 0 Å². The number of para-hydroxylation sites is 1. The maximum absolute atomic E-state index is 12.0. The van der Waals surface area contributed by atoms with E-state index in [2.05, 4.69) is 0 Å². The molecule has 2 nitrogen and oxygen atoms in total. The largest absolute Gasteiger partial charge is 0.490 e. The molecule has 16 heavy (non-hydrogen) atoms. The van der Waals surface area contributed by atoms with Gasteiger partial charge in [0.15, 0.2) is 5.78 Å². The molecule has 88 valence electrons. The maximum Gasteiger partial charge on any atom is 0.166 e. The summed E-state index contributed by atoms with van der Waals surface area (Å²) in [7, 11) is 0. The number of carbonyl (C=O) groups excluding carboxylic acids is 1. The topological polar surface area (TPSA) is 26.3 Å². The molecule has 0 fully saturated rings. The highest BCUT2D eigenvalue weighted by Crippen LogP contribution is 2.22. The van der Waals surface area contributed by atoms with Crippen LogP contribution in [0.1, 0.15) is 44.5 Å². The van der Waals surface area contributed by atoms with Crippen LogP contribution < -0.4 is 4.74 Å². The monoisotopic (exact) mass is 220 g/mol. The van der Waals surface area contributed by atoms with Gasteiger partial charge in [-0.25, -0.2) is 0 Å². The van der Waals surface area contributed by atoms with Crippen LogP contribution >= 0.6 is 0 Å². The van der Waals surface area contributed by atoms with Crippen LogP contribution in [0, 0.1) is 5.92 Å². The molecule has 0 heterocycles. The number of benzene rings is 1. The van der Waals surface area contributed by atoms with Crippen LogP contribution in [0.25, 0.3) is 0 Å². The molecule has 0 aliphatic heterocycles. The smallest absolute Gasteiger partial charge is 0.166 e. The first-order valence-electron chi connectivity index (χ1n) is 5.79. The van der Waals surface area contributed by atoms with Crippen molar-refractivity contribution in [3.05, 3.63) is 29.8 Å². The molecule has 1 rings (SSSR count). The highest BCUT2D eigenvalue weighted by Gasteiger charge is 2.13. The van der Waals surface area contributed by atoms with Crippen LogP contribution in [0.3, 0.4) is 0 Å². The van der Waals surface area contributed by atoms with Crippen molar-refractivity contribution in [1.29, 1.82) is 0 Å². The first-order valence-corrected chi connectivity index (χ1v) is 5.79. The van der Waals surface area contributed by atoms with Crippen molar-refractivity contribution < 1.29 is 9.53 Å². The van der Waals surface area contributed by atoms with E-state index in [1.165, 1.54) is 0 Å². The Balaban J connectivity index is 2.89. The SMILES string of the molecule is CC(C)CC(=O)c1ccccc1OC(C)C. The number of hydrogen-bond donors (Lipinski definition) is 0. The van der Waals surface area contributed by atoms with E-state index in [4.69, 9.17) is 4.74 Å². The molecule has 0 bridgehead atoms. The quantitative estimate of drug-likeness (QED) is 0.707. The van der Waals surface area contributed by atoms with Crippen LogP contribution in [-0.2, 0) is 0 Å². The predicted octanol–water partition coefficient (Wildman–Crippen LogP) is 3.70. The van der Waals surface area contributed by atoms with Gasteiger partial charge in [0.2, 0.25) is 0 Å². The van der Waals surface area contributed by atoms with E-state index in [1.807, 2.05) is 52.0 Å². The summed E-state index contributed by atoms with van der Waals surface area (Å²) in [6.45, 7) is 8.01. The average Bonchev–Trinajstić information content (AvgIpc) is 2.16. The highest BCUT2D eigenvalue weighted by molar-refractivity contribution is 5.98. The second-order valence-corrected chi connectivity index (χ2v) is 4.68. The van der Waals surface area contributed by atoms with Crippen molar-refractivity contribution in [2.75, 3.05) is 0 Å². The Morgan fingerprint density at radius 1 is 1.19 bits per heavy atom. The van der Waals surface area contributed by atoms with Crippen LogP contribution in [0.4, 0.5) is 0 Å². The van der Waals surface area contributed by atoms with Gasteiger partial charge in [-0.05, 0) is 31.9 Å². The van der Waals surface area contributed by atoms with E-state index in [1.54, 1.807) is 0 Å². The van der Waals surface area contributed by atoms with Crippen LogP contribution in [0.15, 0.2) is 24.3 Å². The third-order valence-corrected chi connectivity index (χ3v) is 2.14. The van der Waals surface area contributed by atoms with E-state index in [9.17, 15) is 4.79 Å². The lowest BCUT2D eigenvalue weighted by Crippen LogP contribution is -2.11. The second kappa shape index (κ2) is 5.69. The fraction of sp³-hybridized carbons (Fsp3) is 0.500. The first kappa shape index (κ1) is 12.8. The van der Waals surface area contributed by atoms with Crippen LogP contribution in [0.2, 0.25) is 0 Å². The van der Waals surface area contributed by atoms with Gasteiger partial charge in [-0.3, -0.25) is 4.79 Å². The van der Waals surface area contributed by atoms with Gasteiger partial charge in [-0.15, -0.1) is 0 Å². The minimum Gasteiger partial charge on any atom is -0.490 e. The standard InChI is InChI=1S/C14H20O2/c1-10(2)9-13(15)12-7-5-6-8-14(12)16-11(3)4/h5-8,10-11H,9H2,1-4H3. The number of rotatable bonds is 5. The van der Waals surface area contributed by atoms with Crippen molar-refractivity contribution in [3.8, 4) is 5.75 Å². The molecule has 0 aromatic heterocycles. The number of ether oxygens (including phenoxy) is 1. The summed E-state index contributed by atoms with van der Waals surface area (Å²) in [6.07, 6.45) is 0.659. The van der Waals surface area contributed by atoms with Gasteiger partial charge in [0.1, 0.15) is 5.75 Å². The molecule has 1 aromatic carbocycles. The summed E-state index contributed by atoms with van der Waals surface area (Å²) in [5.41, 5.74) is 0.699. The first-order chi connectivity index (χ1) is 7.50. The summed E-state index contributed by atoms with van der Waals surface area (Å²) in [6, 6.07) is 7.46. The van der Waals surface area contributed by atoms with Gasteiger partial charge in [-0.1, -0.05) is 26.0 Å². The fourth-order valence-corrected chi connectivity index (χ4v) is 1.53. The van der Waals surface area contributed by atoms with Gasteiger partial charge in [0, 0.05) is 6.42 Å². The number of ketones is 1. The van der Waals surface area contributed by atoms with Crippen molar-refractivity contribution in [2.24, 2.45) is 5.92 Å². The van der Waals surface area contributed by atoms with Crippen molar-refractivity contribution in [2.45, 2.75) is 40.2 Å². The molecular weight excluding hydrogens is 200 g/mol. The Morgan fingerprint density at radius 2 is 1.81 bits per heavy atom. The second-order valence-electron chi connectivity index (χ2n) is 4.68. The molecule has 0 saturated carbocycles. The zero-order valence-electron chi connectivity index (χ0n) is 10.5. The van der Waals surface area contributed by atoms with Gasteiger partial charge >= 0.3 is 0 Å². The Kier molecular flexibility index (Phi) is 4.53. The molecule has 0 aliphatic carbocycles. The molecule has 0 atom stereocenters. The minimum atomic E-state index is 0.0907. The molecule has 2 heteroatoms. The van der Waals surface area contributed by atoms with Crippen molar-refractivity contribution >= 4 is 5.78 Å². The molecule has 0 N–H and O–H groups in total. The molecule has 0 saturated heterocycles. The third-order valence-electron chi connectivity index (χ3n) is 2.14. The summed E-state index contributed by atoms with van der Waals surface area (Å²) < 4.78 is 5.63. The average molecular weight is 220 g/mol. The zero-order valence-corrected chi connectivity index (χ0v) is 10.5. The molecule has 0 unspecified atom stereocenters. The molecular formula is C14H20O2. The normalized spacial score (nSPS) is 10.9. The summed E-state index contributed by atoms with van der Waals surface area (Å²) in [4.78, 5) is 12.0. The van der Waals surface area contributed by atoms with E-state index in [0.29, 0.717) is 23.7 Å².